The van der Waals surface area contributed by atoms with Crippen LogP contribution < -0.4 is 0 Å². The van der Waals surface area contributed by atoms with Gasteiger partial charge in [-0.1, -0.05) is 0 Å². The first-order valence-corrected chi connectivity index (χ1v) is 6.24. The summed E-state index contributed by atoms with van der Waals surface area (Å²) in [6, 6.07) is 0. The predicted octanol–water partition coefficient (Wildman–Crippen LogP) is 2.44. The van der Waals surface area contributed by atoms with E-state index in [0.717, 1.165) is 12.8 Å². The van der Waals surface area contributed by atoms with Crippen LogP contribution in [0, 0.1) is 0 Å². The van der Waals surface area contributed by atoms with Gasteiger partial charge in [0.15, 0.2) is 5.78 Å². The van der Waals surface area contributed by atoms with Crippen molar-refractivity contribution in [3.8, 4) is 0 Å². The molecule has 0 bridgehead atoms. The van der Waals surface area contributed by atoms with Gasteiger partial charge in [-0.3, -0.25) is 9.56 Å². The van der Waals surface area contributed by atoms with E-state index in [-0.39, 0.29) is 5.78 Å². The molecular formula is C8H16NO3P. The van der Waals surface area contributed by atoms with Gasteiger partial charge >= 0.3 is 7.60 Å². The maximum atomic E-state index is 12.1. The highest BCUT2D eigenvalue weighted by Crippen LogP contribution is 2.55. The third-order valence-electron chi connectivity index (χ3n) is 1.81. The Morgan fingerprint density at radius 1 is 1.46 bits per heavy atom. The normalized spacial score (nSPS) is 22.5. The number of rotatable bonds is 5. The van der Waals surface area contributed by atoms with Crippen molar-refractivity contribution in [2.45, 2.75) is 32.5 Å². The predicted molar refractivity (Wildman–Crippen MR) is 52.4 cm³/mol. The Hall–Kier alpha value is -0.180. The molecule has 0 spiro atoms. The minimum atomic E-state index is -2.96. The van der Waals surface area contributed by atoms with E-state index < -0.39 is 7.60 Å². The van der Waals surface area contributed by atoms with Crippen LogP contribution >= 0.6 is 7.60 Å². The van der Waals surface area contributed by atoms with Crippen LogP contribution in [0.1, 0.15) is 26.7 Å². The summed E-state index contributed by atoms with van der Waals surface area (Å²) in [7, 11) is -2.96. The monoisotopic (exact) mass is 205 g/mol. The van der Waals surface area contributed by atoms with Gasteiger partial charge in [-0.05, 0) is 32.9 Å². The summed E-state index contributed by atoms with van der Waals surface area (Å²) in [6.07, 6.45) is 3.43. The van der Waals surface area contributed by atoms with Gasteiger partial charge in [0, 0.05) is 0 Å². The number of hydrogen-bond acceptors (Lipinski definition) is 4. The topological polar surface area (TPSA) is 47.9 Å². The van der Waals surface area contributed by atoms with E-state index >= 15 is 0 Å². The number of hydrogen-bond donors (Lipinski definition) is 0. The lowest BCUT2D eigenvalue weighted by atomic mass is 10.4. The number of nitrogens with zero attached hydrogens (tertiary/aromatic N) is 1. The van der Waals surface area contributed by atoms with E-state index in [9.17, 15) is 4.57 Å². The average molecular weight is 205 g/mol. The van der Waals surface area contributed by atoms with Gasteiger partial charge in [-0.2, -0.15) is 0 Å². The van der Waals surface area contributed by atoms with Crippen molar-refractivity contribution in [1.29, 1.82) is 0 Å². The van der Waals surface area contributed by atoms with Crippen LogP contribution in [0.2, 0.25) is 0 Å². The molecule has 0 aliphatic carbocycles. The van der Waals surface area contributed by atoms with Crippen LogP contribution in [0.5, 0.6) is 0 Å². The van der Waals surface area contributed by atoms with Gasteiger partial charge in [-0.25, -0.2) is 0 Å². The minimum Gasteiger partial charge on any atom is -0.307 e. The van der Waals surface area contributed by atoms with Crippen molar-refractivity contribution in [3.05, 3.63) is 0 Å². The molecular weight excluding hydrogens is 189 g/mol. The van der Waals surface area contributed by atoms with Crippen LogP contribution in [0.25, 0.3) is 0 Å². The highest BCUT2D eigenvalue weighted by Gasteiger charge is 2.36. The van der Waals surface area contributed by atoms with Crippen molar-refractivity contribution in [1.82, 2.24) is 0 Å². The molecule has 0 fully saturated rings. The van der Waals surface area contributed by atoms with E-state index in [2.05, 4.69) is 4.99 Å². The minimum absolute atomic E-state index is 0.271. The van der Waals surface area contributed by atoms with E-state index in [4.69, 9.17) is 9.05 Å². The first kappa shape index (κ1) is 10.9. The Morgan fingerprint density at radius 3 is 2.46 bits per heavy atom. The van der Waals surface area contributed by atoms with Gasteiger partial charge in [-0.15, -0.1) is 0 Å². The fraction of sp³-hybridized carbons (Fsp3) is 0.875. The van der Waals surface area contributed by atoms with Crippen LogP contribution in [-0.2, 0) is 13.6 Å². The Bertz CT molecular complexity index is 219. The van der Waals surface area contributed by atoms with Crippen LogP contribution in [-0.4, -0.2) is 25.2 Å². The third kappa shape index (κ3) is 2.63. The summed E-state index contributed by atoms with van der Waals surface area (Å²) < 4.78 is 22.4. The smallest absolute Gasteiger partial charge is 0.307 e. The second-order valence-electron chi connectivity index (χ2n) is 2.76. The molecule has 0 aromatic rings. The summed E-state index contributed by atoms with van der Waals surface area (Å²) in [5.41, 5.74) is 0. The van der Waals surface area contributed by atoms with Gasteiger partial charge in [0.1, 0.15) is 0 Å². The molecule has 0 aromatic carbocycles. The fourth-order valence-electron chi connectivity index (χ4n) is 1.30. The largest absolute Gasteiger partial charge is 0.354 e. The molecule has 0 N–H and O–H groups in total. The van der Waals surface area contributed by atoms with Crippen LogP contribution in [0.4, 0.5) is 0 Å². The maximum Gasteiger partial charge on any atom is 0.354 e. The van der Waals surface area contributed by atoms with E-state index in [1.165, 1.54) is 0 Å². The SMILES string of the molecule is CCOP(=O)(OCC)C1CCC=N1. The van der Waals surface area contributed by atoms with Crippen molar-refractivity contribution in [2.75, 3.05) is 13.2 Å². The molecule has 0 saturated heterocycles. The molecule has 0 aromatic heterocycles. The molecule has 0 radical (unpaired) electrons. The summed E-state index contributed by atoms with van der Waals surface area (Å²) in [6.45, 7) is 4.43. The van der Waals surface area contributed by atoms with Crippen molar-refractivity contribution >= 4 is 13.8 Å². The molecule has 1 rings (SSSR count). The molecule has 0 amide bonds. The summed E-state index contributed by atoms with van der Waals surface area (Å²) in [5.74, 6) is -0.271. The summed E-state index contributed by atoms with van der Waals surface area (Å²) in [5, 5.41) is 0. The first-order valence-electron chi connectivity index (χ1n) is 4.63. The van der Waals surface area contributed by atoms with E-state index in [0.29, 0.717) is 13.2 Å². The van der Waals surface area contributed by atoms with Crippen molar-refractivity contribution in [2.24, 2.45) is 4.99 Å². The Morgan fingerprint density at radius 2 is 2.08 bits per heavy atom. The lowest BCUT2D eigenvalue weighted by Crippen LogP contribution is -2.08. The van der Waals surface area contributed by atoms with Gasteiger partial charge in [0.2, 0.25) is 0 Å². The molecule has 13 heavy (non-hydrogen) atoms. The maximum absolute atomic E-state index is 12.1. The molecule has 1 unspecified atom stereocenters. The van der Waals surface area contributed by atoms with E-state index in [1.807, 2.05) is 13.8 Å². The average Bonchev–Trinajstić information content (AvgIpc) is 2.57. The zero-order valence-electron chi connectivity index (χ0n) is 8.10. The van der Waals surface area contributed by atoms with Crippen LogP contribution in [0.15, 0.2) is 4.99 Å². The standard InChI is InChI=1S/C8H16NO3P/c1-3-11-13(10,12-4-2)8-6-5-7-9-8/h7-8H,3-6H2,1-2H3. The highest BCUT2D eigenvalue weighted by molar-refractivity contribution is 7.54. The summed E-state index contributed by atoms with van der Waals surface area (Å²) >= 11 is 0. The fourth-order valence-corrected chi connectivity index (χ4v) is 3.16. The molecule has 4 nitrogen and oxygen atoms in total. The molecule has 76 valence electrons. The molecule has 5 heteroatoms. The Kier molecular flexibility index (Phi) is 4.10. The summed E-state index contributed by atoms with van der Waals surface area (Å²) in [4.78, 5) is 4.11. The second-order valence-corrected chi connectivity index (χ2v) is 4.96. The Balaban J connectivity index is 2.64. The van der Waals surface area contributed by atoms with Crippen molar-refractivity contribution < 1.29 is 13.6 Å². The van der Waals surface area contributed by atoms with Gasteiger partial charge in [0.25, 0.3) is 0 Å². The quantitative estimate of drug-likeness (QED) is 0.647. The van der Waals surface area contributed by atoms with Crippen LogP contribution in [0.3, 0.4) is 0 Å². The second kappa shape index (κ2) is 4.89. The molecule has 1 aliphatic heterocycles. The lowest BCUT2D eigenvalue weighted by Gasteiger charge is -2.20. The molecule has 1 atom stereocenters. The Labute approximate surface area is 78.9 Å². The zero-order chi connectivity index (χ0) is 9.73. The molecule has 0 saturated carbocycles. The van der Waals surface area contributed by atoms with Crippen molar-refractivity contribution in [3.63, 3.8) is 0 Å². The zero-order valence-corrected chi connectivity index (χ0v) is 9.00. The molecule has 1 heterocycles. The van der Waals surface area contributed by atoms with E-state index in [1.54, 1.807) is 6.21 Å². The molecule has 1 aliphatic rings. The first-order chi connectivity index (χ1) is 6.23. The number of aliphatic imine (C=N–C) groups is 1. The lowest BCUT2D eigenvalue weighted by molar-refractivity contribution is 0.212. The van der Waals surface area contributed by atoms with Gasteiger partial charge < -0.3 is 9.05 Å². The third-order valence-corrected chi connectivity index (χ3v) is 4.17. The highest BCUT2D eigenvalue weighted by atomic mass is 31.2. The van der Waals surface area contributed by atoms with Gasteiger partial charge in [0.05, 0.1) is 13.2 Å².